The first-order chi connectivity index (χ1) is 22.0. The van der Waals surface area contributed by atoms with E-state index in [1.807, 2.05) is 18.7 Å². The Labute approximate surface area is 264 Å². The van der Waals surface area contributed by atoms with Gasteiger partial charge in [0.25, 0.3) is 11.8 Å². The van der Waals surface area contributed by atoms with Crippen LogP contribution < -0.4 is 19.4 Å². The molecule has 45 heavy (non-hydrogen) atoms. The lowest BCUT2D eigenvalue weighted by Crippen LogP contribution is -2.37. The molecule has 0 spiro atoms. The molecule has 0 aromatic heterocycles. The van der Waals surface area contributed by atoms with Crippen molar-refractivity contribution in [1.29, 1.82) is 0 Å². The fourth-order valence-corrected chi connectivity index (χ4v) is 7.99. The molecule has 0 atom stereocenters. The smallest absolute Gasteiger partial charge is 0.333 e. The van der Waals surface area contributed by atoms with Crippen LogP contribution in [0.1, 0.15) is 93.9 Å². The summed E-state index contributed by atoms with van der Waals surface area (Å²) < 4.78 is 6.95. The molecule has 0 aliphatic carbocycles. The molecule has 1 saturated heterocycles. The molecule has 0 bridgehead atoms. The van der Waals surface area contributed by atoms with Crippen LogP contribution in [0.2, 0.25) is 0 Å². The summed E-state index contributed by atoms with van der Waals surface area (Å²) in [7, 11) is 0. The van der Waals surface area contributed by atoms with Crippen molar-refractivity contribution in [2.24, 2.45) is 0 Å². The molecule has 6 aliphatic rings. The topological polar surface area (TPSA) is 99.7 Å². The number of rotatable bonds is 5. The van der Waals surface area contributed by atoms with Gasteiger partial charge in [-0.2, -0.15) is 0 Å². The number of benzene rings is 2. The number of hydroxylamine groups is 2. The van der Waals surface area contributed by atoms with Crippen molar-refractivity contribution in [3.63, 3.8) is 0 Å². The lowest BCUT2D eigenvalue weighted by Gasteiger charge is -2.43. The molecule has 0 N–H and O–H groups in total. The molecule has 0 unspecified atom stereocenters. The predicted octanol–water partition coefficient (Wildman–Crippen LogP) is 5.66. The van der Waals surface area contributed by atoms with Crippen molar-refractivity contribution in [2.75, 3.05) is 40.9 Å². The molecule has 238 valence electrons. The maximum absolute atomic E-state index is 14.2. The highest BCUT2D eigenvalue weighted by Gasteiger charge is 2.40. The molecule has 2 aromatic carbocycles. The maximum Gasteiger partial charge on any atom is 0.333 e. The molecule has 0 radical (unpaired) electrons. The third kappa shape index (κ3) is 5.02. The maximum atomic E-state index is 14.2. The van der Waals surface area contributed by atoms with Crippen LogP contribution in [0.5, 0.6) is 11.5 Å². The van der Waals surface area contributed by atoms with Crippen LogP contribution in [0, 0.1) is 0 Å². The Bertz CT molecular complexity index is 1480. The summed E-state index contributed by atoms with van der Waals surface area (Å²) in [5, 5.41) is 0.564. The van der Waals surface area contributed by atoms with Crippen LogP contribution in [0.3, 0.4) is 0 Å². The molecular weight excluding hydrogens is 572 g/mol. The number of ether oxygens (including phenoxy) is 1. The van der Waals surface area contributed by atoms with Gasteiger partial charge in [-0.25, -0.2) is 4.79 Å². The zero-order valence-electron chi connectivity index (χ0n) is 26.4. The average Bonchev–Trinajstić information content (AvgIpc) is 3.37. The van der Waals surface area contributed by atoms with E-state index in [1.54, 1.807) is 0 Å². The number of hydrogen-bond acceptors (Lipinski definition) is 8. The number of anilines is 4. The summed E-state index contributed by atoms with van der Waals surface area (Å²) in [4.78, 5) is 62.3. The van der Waals surface area contributed by atoms with Crippen molar-refractivity contribution < 1.29 is 28.8 Å². The van der Waals surface area contributed by atoms with Crippen LogP contribution in [0.15, 0.2) is 12.1 Å². The van der Waals surface area contributed by atoms with Crippen LogP contribution >= 0.6 is 0 Å². The van der Waals surface area contributed by atoms with Gasteiger partial charge in [0.2, 0.25) is 5.91 Å². The van der Waals surface area contributed by atoms with Crippen molar-refractivity contribution in [3.8, 4) is 11.5 Å². The lowest BCUT2D eigenvalue weighted by atomic mass is 9.87. The predicted molar refractivity (Wildman–Crippen MR) is 170 cm³/mol. The number of carbonyl (C=O) groups is 4. The van der Waals surface area contributed by atoms with Crippen LogP contribution in [0.25, 0.3) is 0 Å². The van der Waals surface area contributed by atoms with E-state index in [2.05, 4.69) is 21.9 Å². The van der Waals surface area contributed by atoms with Gasteiger partial charge in [-0.3, -0.25) is 19.3 Å². The van der Waals surface area contributed by atoms with Gasteiger partial charge in [-0.05, 0) is 81.0 Å². The first-order valence-electron chi connectivity index (χ1n) is 16.9. The Morgan fingerprint density at radius 3 is 1.71 bits per heavy atom. The molecule has 10 heteroatoms. The first-order valence-corrected chi connectivity index (χ1v) is 16.9. The zero-order chi connectivity index (χ0) is 31.2. The summed E-state index contributed by atoms with van der Waals surface area (Å²) in [5.41, 5.74) is 9.19. The molecule has 6 heterocycles. The van der Waals surface area contributed by atoms with Gasteiger partial charge in [0.1, 0.15) is 0 Å². The fraction of sp³-hybridized carbons (Fsp3) is 0.543. The Morgan fingerprint density at radius 2 is 1.20 bits per heavy atom. The van der Waals surface area contributed by atoms with Crippen molar-refractivity contribution in [3.05, 3.63) is 34.4 Å². The molecule has 1 fully saturated rings. The number of imide groups is 1. The van der Waals surface area contributed by atoms with Crippen LogP contribution in [0.4, 0.5) is 22.7 Å². The van der Waals surface area contributed by atoms with E-state index in [0.717, 1.165) is 100 Å². The summed E-state index contributed by atoms with van der Waals surface area (Å²) in [6.45, 7) is 8.21. The number of aryl methyl sites for hydroxylation is 2. The summed E-state index contributed by atoms with van der Waals surface area (Å²) in [6.07, 6.45) is 8.49. The second kappa shape index (κ2) is 12.0. The van der Waals surface area contributed by atoms with E-state index in [4.69, 9.17) is 9.57 Å². The molecule has 2 aromatic rings. The van der Waals surface area contributed by atoms with Gasteiger partial charge in [0, 0.05) is 74.4 Å². The Kier molecular flexibility index (Phi) is 7.91. The molecule has 6 aliphatic heterocycles. The van der Waals surface area contributed by atoms with Crippen molar-refractivity contribution >= 4 is 46.4 Å². The minimum atomic E-state index is -0.684. The Morgan fingerprint density at radius 1 is 0.711 bits per heavy atom. The van der Waals surface area contributed by atoms with Crippen molar-refractivity contribution in [2.45, 2.75) is 97.3 Å². The molecule has 0 saturated carbocycles. The monoisotopic (exact) mass is 614 g/mol. The average molecular weight is 615 g/mol. The van der Waals surface area contributed by atoms with Crippen LogP contribution in [-0.2, 0) is 49.7 Å². The van der Waals surface area contributed by atoms with E-state index in [0.29, 0.717) is 5.06 Å². The van der Waals surface area contributed by atoms with Gasteiger partial charge in [0.05, 0.1) is 11.4 Å². The van der Waals surface area contributed by atoms with E-state index < -0.39 is 17.8 Å². The third-order valence-corrected chi connectivity index (χ3v) is 9.81. The number of hydrogen-bond donors (Lipinski definition) is 0. The molecular formula is C35H42N4O6. The number of fused-ring (bicyclic) bond motifs is 4. The van der Waals surface area contributed by atoms with E-state index >= 15 is 0 Å². The SMILES string of the molecule is CC.O=C(CCCC(=O)N1c2cc3c4c(c2Oc2c1cc1c5c2CCCN5CCC1)CCCN4CCC3)ON1C(=O)CCC1=O. The Hall–Kier alpha value is -4.08. The third-order valence-electron chi connectivity index (χ3n) is 9.81. The largest absolute Gasteiger partial charge is 0.452 e. The minimum absolute atomic E-state index is 0.0490. The van der Waals surface area contributed by atoms with Gasteiger partial charge in [0.15, 0.2) is 11.5 Å². The Balaban J connectivity index is 0.00000160. The quantitative estimate of drug-likeness (QED) is 0.398. The second-order valence-corrected chi connectivity index (χ2v) is 12.5. The van der Waals surface area contributed by atoms with E-state index in [1.165, 1.54) is 33.6 Å². The summed E-state index contributed by atoms with van der Waals surface area (Å²) in [5.74, 6) is -0.184. The number of amides is 3. The summed E-state index contributed by atoms with van der Waals surface area (Å²) in [6, 6.07) is 4.34. The van der Waals surface area contributed by atoms with Gasteiger partial charge >= 0.3 is 5.97 Å². The van der Waals surface area contributed by atoms with Crippen LogP contribution in [-0.4, -0.2) is 54.9 Å². The number of nitrogens with zero attached hydrogens (tertiary/aromatic N) is 4. The van der Waals surface area contributed by atoms with Gasteiger partial charge in [-0.1, -0.05) is 13.8 Å². The number of carbonyl (C=O) groups excluding carboxylic acids is 4. The second-order valence-electron chi connectivity index (χ2n) is 12.5. The van der Waals surface area contributed by atoms with E-state index in [-0.39, 0.29) is 38.0 Å². The molecule has 8 rings (SSSR count). The first kappa shape index (κ1) is 29.6. The summed E-state index contributed by atoms with van der Waals surface area (Å²) >= 11 is 0. The highest BCUT2D eigenvalue weighted by Crippen LogP contribution is 2.57. The highest BCUT2D eigenvalue weighted by atomic mass is 16.7. The minimum Gasteiger partial charge on any atom is -0.452 e. The van der Waals surface area contributed by atoms with Gasteiger partial charge < -0.3 is 19.4 Å². The standard InChI is InChI=1S/C33H36N4O6.C2H6/c38-26(10-1-11-29(41)43-37-27(39)12-13-28(37)40)36-24-18-20-6-2-14-34-16-4-8-22(30(20)34)32(24)42-33-23-9-5-17-35-15-3-7-21(31(23)35)19-25(33)36;1-2/h18-19H,1-17H2;1-2H3. The molecule has 3 amide bonds. The fourth-order valence-electron chi connectivity index (χ4n) is 7.99. The highest BCUT2D eigenvalue weighted by molar-refractivity contribution is 6.07. The van der Waals surface area contributed by atoms with Gasteiger partial charge in [-0.15, -0.1) is 5.06 Å². The van der Waals surface area contributed by atoms with E-state index in [9.17, 15) is 19.2 Å². The normalized spacial score (nSPS) is 19.1. The van der Waals surface area contributed by atoms with Crippen molar-refractivity contribution in [1.82, 2.24) is 5.06 Å². The lowest BCUT2D eigenvalue weighted by molar-refractivity contribution is -0.197. The zero-order valence-corrected chi connectivity index (χ0v) is 26.4. The molecule has 10 nitrogen and oxygen atoms in total.